The molecule has 1 saturated heterocycles. The molecule has 2 N–H and O–H groups in total. The molecule has 1 aliphatic heterocycles. The summed E-state index contributed by atoms with van der Waals surface area (Å²) in [6.07, 6.45) is -5.35. The highest BCUT2D eigenvalue weighted by atomic mass is 35.5. The van der Waals surface area contributed by atoms with Crippen LogP contribution < -0.4 is 14.8 Å². The Bertz CT molecular complexity index is 1320. The number of amides is 2. The Morgan fingerprint density at radius 3 is 2.34 bits per heavy atom. The van der Waals surface area contributed by atoms with Crippen LogP contribution in [-0.4, -0.2) is 47.9 Å². The molecule has 0 spiro atoms. The summed E-state index contributed by atoms with van der Waals surface area (Å²) in [7, 11) is 2.14. The van der Waals surface area contributed by atoms with Crippen molar-refractivity contribution in [1.29, 1.82) is 0 Å². The maximum Gasteiger partial charge on any atom is 0.437 e. The van der Waals surface area contributed by atoms with E-state index >= 15 is 0 Å². The Hall–Kier alpha value is -3.76. The molecule has 0 aliphatic carbocycles. The SMILES string of the molecule is COc1cc([C@@H]2NC(=O)N(C)[C@@](O)(C(F)(F)F)[C@@H]2C(=O)c2ccccc2)ccc1OCc1ccc(Cl)cc1. The molecule has 200 valence electrons. The molecule has 1 fully saturated rings. The fourth-order valence-corrected chi connectivity index (χ4v) is 4.53. The molecule has 7 nitrogen and oxygen atoms in total. The lowest BCUT2D eigenvalue weighted by Gasteiger charge is -2.49. The number of ketones is 1. The second kappa shape index (κ2) is 10.5. The van der Waals surface area contributed by atoms with Crippen molar-refractivity contribution in [1.82, 2.24) is 10.2 Å². The van der Waals surface area contributed by atoms with Gasteiger partial charge in [-0.05, 0) is 35.4 Å². The number of Topliss-reactive ketones (excluding diaryl/α,β-unsaturated/α-hetero) is 1. The van der Waals surface area contributed by atoms with E-state index in [1.165, 1.54) is 49.6 Å². The Morgan fingerprint density at radius 2 is 1.74 bits per heavy atom. The molecular weight excluding hydrogens is 525 g/mol. The van der Waals surface area contributed by atoms with Crippen molar-refractivity contribution in [2.45, 2.75) is 24.6 Å². The molecule has 3 atom stereocenters. The molecule has 11 heteroatoms. The van der Waals surface area contributed by atoms with Crippen LogP contribution in [0, 0.1) is 5.92 Å². The first-order chi connectivity index (χ1) is 18.0. The molecule has 1 heterocycles. The van der Waals surface area contributed by atoms with Crippen molar-refractivity contribution in [3.63, 3.8) is 0 Å². The number of carbonyl (C=O) groups is 2. The highest BCUT2D eigenvalue weighted by Gasteiger charge is 2.69. The van der Waals surface area contributed by atoms with Gasteiger partial charge in [-0.25, -0.2) is 4.79 Å². The van der Waals surface area contributed by atoms with Crippen LogP contribution in [0.25, 0.3) is 0 Å². The fraction of sp³-hybridized carbons (Fsp3) is 0.259. The molecule has 0 aromatic heterocycles. The van der Waals surface area contributed by atoms with E-state index in [-0.39, 0.29) is 34.1 Å². The van der Waals surface area contributed by atoms with Gasteiger partial charge in [-0.1, -0.05) is 60.1 Å². The number of nitrogens with one attached hydrogen (secondary N) is 1. The minimum absolute atomic E-state index is 0.0513. The third-order valence-electron chi connectivity index (χ3n) is 6.47. The van der Waals surface area contributed by atoms with Crippen LogP contribution >= 0.6 is 11.6 Å². The second-order valence-corrected chi connectivity index (χ2v) is 9.18. The first-order valence-corrected chi connectivity index (χ1v) is 11.8. The van der Waals surface area contributed by atoms with Crippen molar-refractivity contribution in [2.75, 3.05) is 14.2 Å². The standard InChI is InChI=1S/C27H24ClF3N2O5/c1-33-25(35)32-23(22(26(33,36)27(29,30)31)24(34)17-6-4-3-5-7-17)18-10-13-20(21(14-18)37-2)38-15-16-8-11-19(28)12-9-16/h3-14,22-23,36H,15H2,1-2H3,(H,32,35)/t22-,23-,26-/m0/s1. The molecule has 0 unspecified atom stereocenters. The number of hydrogen-bond donors (Lipinski definition) is 2. The van der Waals surface area contributed by atoms with E-state index in [4.69, 9.17) is 21.1 Å². The number of alkyl halides is 3. The Kier molecular flexibility index (Phi) is 7.57. The van der Waals surface area contributed by atoms with Gasteiger partial charge in [-0.3, -0.25) is 9.69 Å². The van der Waals surface area contributed by atoms with E-state index in [1.54, 1.807) is 30.3 Å². The van der Waals surface area contributed by atoms with E-state index in [9.17, 15) is 27.9 Å². The molecular formula is C27H24ClF3N2O5. The summed E-state index contributed by atoms with van der Waals surface area (Å²) in [5, 5.41) is 14.0. The van der Waals surface area contributed by atoms with Gasteiger partial charge in [0.2, 0.25) is 0 Å². The van der Waals surface area contributed by atoms with Crippen LogP contribution in [0.15, 0.2) is 72.8 Å². The molecule has 4 rings (SSSR count). The number of ether oxygens (including phenoxy) is 2. The predicted octanol–water partition coefficient (Wildman–Crippen LogP) is 5.37. The van der Waals surface area contributed by atoms with Gasteiger partial charge in [0.25, 0.3) is 5.72 Å². The number of urea groups is 1. The van der Waals surface area contributed by atoms with Crippen LogP contribution in [0.3, 0.4) is 0 Å². The molecule has 2 amide bonds. The van der Waals surface area contributed by atoms with Gasteiger partial charge < -0.3 is 19.9 Å². The Morgan fingerprint density at radius 1 is 1.08 bits per heavy atom. The van der Waals surface area contributed by atoms with E-state index in [0.717, 1.165) is 12.6 Å². The van der Waals surface area contributed by atoms with E-state index in [0.29, 0.717) is 5.02 Å². The number of methoxy groups -OCH3 is 1. The van der Waals surface area contributed by atoms with Gasteiger partial charge in [0.05, 0.1) is 13.2 Å². The van der Waals surface area contributed by atoms with Gasteiger partial charge in [0.15, 0.2) is 17.3 Å². The molecule has 0 bridgehead atoms. The number of benzene rings is 3. The highest BCUT2D eigenvalue weighted by Crippen LogP contribution is 2.48. The lowest BCUT2D eigenvalue weighted by atomic mass is 9.76. The van der Waals surface area contributed by atoms with Crippen LogP contribution in [0.2, 0.25) is 5.02 Å². The van der Waals surface area contributed by atoms with Gasteiger partial charge in [-0.15, -0.1) is 0 Å². The van der Waals surface area contributed by atoms with Crippen molar-refractivity contribution < 1.29 is 37.3 Å². The number of hydrogen-bond acceptors (Lipinski definition) is 5. The summed E-state index contributed by atoms with van der Waals surface area (Å²) < 4.78 is 54.4. The smallest absolute Gasteiger partial charge is 0.437 e. The summed E-state index contributed by atoms with van der Waals surface area (Å²) >= 11 is 5.90. The van der Waals surface area contributed by atoms with E-state index < -0.39 is 35.7 Å². The average Bonchev–Trinajstić information content (AvgIpc) is 2.90. The number of rotatable bonds is 7. The zero-order valence-electron chi connectivity index (χ0n) is 20.3. The van der Waals surface area contributed by atoms with Crippen molar-refractivity contribution >= 4 is 23.4 Å². The summed E-state index contributed by atoms with van der Waals surface area (Å²) in [6.45, 7) is 0.154. The largest absolute Gasteiger partial charge is 0.493 e. The summed E-state index contributed by atoms with van der Waals surface area (Å²) in [6, 6.07) is 15.7. The van der Waals surface area contributed by atoms with Crippen molar-refractivity contribution in [3.05, 3.63) is 94.5 Å². The zero-order chi connectivity index (χ0) is 27.7. The maximum absolute atomic E-state index is 14.4. The van der Waals surface area contributed by atoms with Crippen LogP contribution in [0.5, 0.6) is 11.5 Å². The van der Waals surface area contributed by atoms with Crippen LogP contribution in [0.1, 0.15) is 27.5 Å². The van der Waals surface area contributed by atoms with Gasteiger partial charge in [-0.2, -0.15) is 13.2 Å². The summed E-state index contributed by atoms with van der Waals surface area (Å²) in [4.78, 5) is 26.2. The summed E-state index contributed by atoms with van der Waals surface area (Å²) in [5.41, 5.74) is -2.92. The second-order valence-electron chi connectivity index (χ2n) is 8.74. The summed E-state index contributed by atoms with van der Waals surface area (Å²) in [5.74, 6) is -2.70. The van der Waals surface area contributed by atoms with Gasteiger partial charge in [0, 0.05) is 17.6 Å². The number of aliphatic hydroxyl groups is 1. The number of carbonyl (C=O) groups excluding carboxylic acids is 2. The van der Waals surface area contributed by atoms with E-state index in [2.05, 4.69) is 5.32 Å². The number of nitrogens with zero attached hydrogens (tertiary/aromatic N) is 1. The van der Waals surface area contributed by atoms with Gasteiger partial charge >= 0.3 is 12.2 Å². The van der Waals surface area contributed by atoms with Crippen LogP contribution in [-0.2, 0) is 6.61 Å². The highest BCUT2D eigenvalue weighted by molar-refractivity contribution is 6.30. The fourth-order valence-electron chi connectivity index (χ4n) is 4.41. The molecule has 1 aliphatic rings. The predicted molar refractivity (Wildman–Crippen MR) is 133 cm³/mol. The first kappa shape index (κ1) is 27.3. The molecule has 3 aromatic rings. The Labute approximate surface area is 221 Å². The molecule has 0 saturated carbocycles. The molecule has 0 radical (unpaired) electrons. The zero-order valence-corrected chi connectivity index (χ0v) is 21.1. The first-order valence-electron chi connectivity index (χ1n) is 11.4. The minimum atomic E-state index is -5.35. The lowest BCUT2D eigenvalue weighted by molar-refractivity contribution is -0.322. The Balaban J connectivity index is 1.75. The third-order valence-corrected chi connectivity index (χ3v) is 6.73. The topological polar surface area (TPSA) is 88.1 Å². The normalized spacial score (nSPS) is 21.6. The van der Waals surface area contributed by atoms with Crippen LogP contribution in [0.4, 0.5) is 18.0 Å². The lowest BCUT2D eigenvalue weighted by Crippen LogP contribution is -2.72. The minimum Gasteiger partial charge on any atom is -0.493 e. The molecule has 38 heavy (non-hydrogen) atoms. The van der Waals surface area contributed by atoms with Crippen molar-refractivity contribution in [3.8, 4) is 11.5 Å². The molecule has 3 aromatic carbocycles. The monoisotopic (exact) mass is 548 g/mol. The number of halogens is 4. The maximum atomic E-state index is 14.4. The quantitative estimate of drug-likeness (QED) is 0.387. The van der Waals surface area contributed by atoms with Crippen molar-refractivity contribution in [2.24, 2.45) is 5.92 Å². The van der Waals surface area contributed by atoms with E-state index in [1.807, 2.05) is 0 Å². The van der Waals surface area contributed by atoms with Gasteiger partial charge in [0.1, 0.15) is 12.5 Å². The third kappa shape index (κ3) is 5.01. The average molecular weight is 549 g/mol.